The minimum Gasteiger partial charge on any atom is -0.461 e. The second-order valence-corrected chi connectivity index (χ2v) is 12.0. The lowest BCUT2D eigenvalue weighted by atomic mass is 9.85. The van der Waals surface area contributed by atoms with Crippen molar-refractivity contribution in [3.63, 3.8) is 0 Å². The Labute approximate surface area is 250 Å². The maximum Gasteiger partial charge on any atom is 0.309 e. The van der Waals surface area contributed by atoms with Gasteiger partial charge in [-0.15, -0.1) is 0 Å². The first-order valence-corrected chi connectivity index (χ1v) is 14.7. The van der Waals surface area contributed by atoms with Gasteiger partial charge >= 0.3 is 17.9 Å². The van der Waals surface area contributed by atoms with Crippen molar-refractivity contribution in [1.82, 2.24) is 5.32 Å². The predicted molar refractivity (Wildman–Crippen MR) is 160 cm³/mol. The number of hydrogen-bond donors (Lipinski definition) is 1. The molecule has 0 saturated carbocycles. The summed E-state index contributed by atoms with van der Waals surface area (Å²) >= 11 is 0. The van der Waals surface area contributed by atoms with E-state index in [4.69, 9.17) is 14.2 Å². The monoisotopic (exact) mass is 587 g/mol. The van der Waals surface area contributed by atoms with Crippen LogP contribution in [0.4, 0.5) is 0 Å². The van der Waals surface area contributed by atoms with Crippen LogP contribution in [0.1, 0.15) is 86.1 Å². The van der Waals surface area contributed by atoms with E-state index in [9.17, 15) is 24.0 Å². The molecule has 0 heterocycles. The molecule has 1 N–H and O–H groups in total. The number of amides is 1. The van der Waals surface area contributed by atoms with Crippen molar-refractivity contribution in [3.05, 3.63) is 48.6 Å². The van der Waals surface area contributed by atoms with Gasteiger partial charge in [0, 0.05) is 12.8 Å². The fourth-order valence-electron chi connectivity index (χ4n) is 4.26. The Morgan fingerprint density at radius 2 is 1.57 bits per heavy atom. The van der Waals surface area contributed by atoms with Gasteiger partial charge in [-0.3, -0.25) is 24.0 Å². The molecule has 9 heteroatoms. The first-order valence-electron chi connectivity index (χ1n) is 14.7. The van der Waals surface area contributed by atoms with Gasteiger partial charge in [0.2, 0.25) is 5.91 Å². The third-order valence-corrected chi connectivity index (χ3v) is 6.93. The lowest BCUT2D eigenvalue weighted by Gasteiger charge is -2.26. The average molecular weight is 588 g/mol. The second-order valence-electron chi connectivity index (χ2n) is 12.0. The van der Waals surface area contributed by atoms with Gasteiger partial charge in [0.25, 0.3) is 0 Å². The fourth-order valence-corrected chi connectivity index (χ4v) is 4.26. The Bertz CT molecular complexity index is 1040. The molecule has 1 amide bonds. The van der Waals surface area contributed by atoms with Gasteiger partial charge in [-0.1, -0.05) is 77.1 Å². The van der Waals surface area contributed by atoms with E-state index in [2.05, 4.69) is 11.9 Å². The number of benzene rings is 1. The highest BCUT2D eigenvalue weighted by molar-refractivity contribution is 5.93. The van der Waals surface area contributed by atoms with Crippen LogP contribution in [0.15, 0.2) is 43.0 Å². The number of esters is 3. The molecule has 1 aromatic carbocycles. The van der Waals surface area contributed by atoms with Crippen LogP contribution in [0.2, 0.25) is 0 Å². The van der Waals surface area contributed by atoms with Crippen LogP contribution >= 0.6 is 0 Å². The zero-order valence-electron chi connectivity index (χ0n) is 26.3. The standard InChI is InChI=1S/C33H49NO8/c1-9-18-40-32(39)26(23(5)10-2)19-28(35)27(16-17-29(36)42-33(6,7)8)34-31(38)25(22(3)4)20-30(37)41-21-24-14-12-11-13-15-24/h9,11-15,22-23,25-27H,1,10,16-21H2,2-8H3,(H,34,38)/t23?,25-,26-,27-/m0/s1. The molecule has 0 aliphatic heterocycles. The van der Waals surface area contributed by atoms with Gasteiger partial charge in [-0.25, -0.2) is 0 Å². The first-order chi connectivity index (χ1) is 19.7. The van der Waals surface area contributed by atoms with Gasteiger partial charge in [0.15, 0.2) is 5.78 Å². The van der Waals surface area contributed by atoms with Crippen LogP contribution in [0.5, 0.6) is 0 Å². The number of rotatable bonds is 18. The van der Waals surface area contributed by atoms with E-state index in [0.29, 0.717) is 6.42 Å². The summed E-state index contributed by atoms with van der Waals surface area (Å²) in [5, 5.41) is 2.77. The van der Waals surface area contributed by atoms with E-state index < -0.39 is 53.1 Å². The Hall–Kier alpha value is -3.49. The van der Waals surface area contributed by atoms with Crippen LogP contribution < -0.4 is 5.32 Å². The Morgan fingerprint density at radius 1 is 0.929 bits per heavy atom. The summed E-state index contributed by atoms with van der Waals surface area (Å²) in [5.74, 6) is -4.36. The number of hydrogen-bond acceptors (Lipinski definition) is 8. The molecule has 4 atom stereocenters. The topological polar surface area (TPSA) is 125 Å². The summed E-state index contributed by atoms with van der Waals surface area (Å²) in [6, 6.07) is 8.15. The molecule has 234 valence electrons. The highest BCUT2D eigenvalue weighted by Crippen LogP contribution is 2.24. The maximum absolute atomic E-state index is 13.6. The molecule has 1 rings (SSSR count). The summed E-state index contributed by atoms with van der Waals surface area (Å²) in [4.78, 5) is 64.9. The molecule has 0 fully saturated rings. The minimum atomic E-state index is -1.06. The number of carbonyl (C=O) groups is 5. The third-order valence-electron chi connectivity index (χ3n) is 6.93. The number of Topliss-reactive ketones (excluding diaryl/α,β-unsaturated/α-hetero) is 1. The zero-order valence-corrected chi connectivity index (χ0v) is 26.3. The average Bonchev–Trinajstić information content (AvgIpc) is 2.93. The molecule has 0 bridgehead atoms. The fraction of sp³-hybridized carbons (Fsp3) is 0.606. The highest BCUT2D eigenvalue weighted by Gasteiger charge is 2.34. The van der Waals surface area contributed by atoms with E-state index in [-0.39, 0.29) is 50.7 Å². The normalized spacial score (nSPS) is 14.2. The molecule has 0 aliphatic rings. The molecule has 0 radical (unpaired) electrons. The van der Waals surface area contributed by atoms with Crippen molar-refractivity contribution in [2.45, 2.75) is 98.8 Å². The van der Waals surface area contributed by atoms with Crippen molar-refractivity contribution in [3.8, 4) is 0 Å². The SMILES string of the molecule is C=CCOC(=O)[C@@H](CC(=O)[C@H](CCC(=O)OC(C)(C)C)NC(=O)[C@@H](CC(=O)OCc1ccccc1)C(C)C)C(C)CC. The molecular formula is C33H49NO8. The molecule has 1 aromatic rings. The predicted octanol–water partition coefficient (Wildman–Crippen LogP) is 5.35. The van der Waals surface area contributed by atoms with E-state index in [1.54, 1.807) is 34.6 Å². The molecule has 1 unspecified atom stereocenters. The van der Waals surface area contributed by atoms with Crippen molar-refractivity contribution in [2.75, 3.05) is 6.61 Å². The van der Waals surface area contributed by atoms with Gasteiger partial charge in [-0.2, -0.15) is 0 Å². The minimum absolute atomic E-state index is 0.0162. The summed E-state index contributed by atoms with van der Waals surface area (Å²) < 4.78 is 16.0. The summed E-state index contributed by atoms with van der Waals surface area (Å²) in [6.07, 6.45) is 1.61. The Kier molecular flexibility index (Phi) is 15.8. The highest BCUT2D eigenvalue weighted by atomic mass is 16.6. The van der Waals surface area contributed by atoms with E-state index in [1.807, 2.05) is 44.2 Å². The molecular weight excluding hydrogens is 538 g/mol. The lowest BCUT2D eigenvalue weighted by molar-refractivity contribution is -0.155. The van der Waals surface area contributed by atoms with Crippen LogP contribution in [-0.2, 0) is 44.8 Å². The summed E-state index contributed by atoms with van der Waals surface area (Å²) in [6.45, 7) is 16.3. The van der Waals surface area contributed by atoms with Crippen molar-refractivity contribution < 1.29 is 38.2 Å². The molecule has 0 spiro atoms. The third kappa shape index (κ3) is 13.9. The van der Waals surface area contributed by atoms with Crippen LogP contribution in [0.3, 0.4) is 0 Å². The molecule has 9 nitrogen and oxygen atoms in total. The van der Waals surface area contributed by atoms with Gasteiger partial charge in [-0.05, 0) is 44.6 Å². The summed E-state index contributed by atoms with van der Waals surface area (Å²) in [7, 11) is 0. The first kappa shape index (κ1) is 36.5. The number of carbonyl (C=O) groups excluding carboxylic acids is 5. The molecule has 0 saturated heterocycles. The smallest absolute Gasteiger partial charge is 0.309 e. The van der Waals surface area contributed by atoms with Gasteiger partial charge in [0.05, 0.1) is 24.3 Å². The molecule has 0 aromatic heterocycles. The van der Waals surface area contributed by atoms with Crippen molar-refractivity contribution in [1.29, 1.82) is 0 Å². The second kappa shape index (κ2) is 18.1. The van der Waals surface area contributed by atoms with Crippen molar-refractivity contribution >= 4 is 29.6 Å². The Morgan fingerprint density at radius 3 is 2.12 bits per heavy atom. The molecule has 0 aliphatic carbocycles. The number of nitrogens with one attached hydrogen (secondary N) is 1. The number of ether oxygens (including phenoxy) is 3. The van der Waals surface area contributed by atoms with Crippen LogP contribution in [0.25, 0.3) is 0 Å². The maximum atomic E-state index is 13.6. The Balaban J connectivity index is 3.08. The van der Waals surface area contributed by atoms with Crippen LogP contribution in [-0.4, -0.2) is 47.8 Å². The molecule has 42 heavy (non-hydrogen) atoms. The largest absolute Gasteiger partial charge is 0.461 e. The van der Waals surface area contributed by atoms with Crippen molar-refractivity contribution in [2.24, 2.45) is 23.7 Å². The lowest BCUT2D eigenvalue weighted by Crippen LogP contribution is -2.46. The van der Waals surface area contributed by atoms with E-state index >= 15 is 0 Å². The zero-order chi connectivity index (χ0) is 31.9. The quantitative estimate of drug-likeness (QED) is 0.138. The van der Waals surface area contributed by atoms with Gasteiger partial charge < -0.3 is 19.5 Å². The van der Waals surface area contributed by atoms with Crippen LogP contribution in [0, 0.1) is 23.7 Å². The number of ketones is 1. The van der Waals surface area contributed by atoms with E-state index in [1.165, 1.54) is 6.08 Å². The van der Waals surface area contributed by atoms with Gasteiger partial charge in [0.1, 0.15) is 18.8 Å². The van der Waals surface area contributed by atoms with E-state index in [0.717, 1.165) is 5.56 Å². The summed E-state index contributed by atoms with van der Waals surface area (Å²) in [5.41, 5.74) is 0.117.